The zero-order valence-corrected chi connectivity index (χ0v) is 17.6. The molecule has 0 spiro atoms. The van der Waals surface area contributed by atoms with Crippen molar-refractivity contribution in [2.45, 2.75) is 25.0 Å². The number of hydrogen-bond donors (Lipinski definition) is 3. The molecule has 3 N–H and O–H groups in total. The maximum atomic E-state index is 13.0. The van der Waals surface area contributed by atoms with Crippen LogP contribution in [0.1, 0.15) is 23.2 Å². The van der Waals surface area contributed by atoms with Gasteiger partial charge >= 0.3 is 5.97 Å². The van der Waals surface area contributed by atoms with Gasteiger partial charge in [-0.25, -0.2) is 4.39 Å². The molecule has 1 aliphatic heterocycles. The summed E-state index contributed by atoms with van der Waals surface area (Å²) in [5.41, 5.74) is 0.208. The van der Waals surface area contributed by atoms with Gasteiger partial charge in [-0.15, -0.1) is 0 Å². The molecule has 1 aliphatic rings. The highest BCUT2D eigenvalue weighted by atomic mass is 19.1. The molecule has 1 saturated heterocycles. The van der Waals surface area contributed by atoms with Crippen molar-refractivity contribution in [1.82, 2.24) is 10.2 Å². The van der Waals surface area contributed by atoms with Crippen molar-refractivity contribution >= 4 is 11.9 Å². The average Bonchev–Trinajstić information content (AvgIpc) is 2.79. The number of hydrogen-bond acceptors (Lipinski definition) is 6. The van der Waals surface area contributed by atoms with Crippen LogP contribution in [0.5, 0.6) is 11.5 Å². The maximum Gasteiger partial charge on any atom is 0.322 e. The summed E-state index contributed by atoms with van der Waals surface area (Å²) < 4.78 is 24.5. The van der Waals surface area contributed by atoms with Gasteiger partial charge in [0.1, 0.15) is 42.7 Å². The van der Waals surface area contributed by atoms with Crippen molar-refractivity contribution in [2.24, 2.45) is 0 Å². The third-order valence-electron chi connectivity index (χ3n) is 5.08. The molecular formula is C23H27FN2O6. The summed E-state index contributed by atoms with van der Waals surface area (Å²) in [6.07, 6.45) is 0.857. The highest BCUT2D eigenvalue weighted by Crippen LogP contribution is 2.20. The van der Waals surface area contributed by atoms with Gasteiger partial charge in [-0.1, -0.05) is 12.1 Å². The Kier molecular flexibility index (Phi) is 8.41. The van der Waals surface area contributed by atoms with Gasteiger partial charge in [0, 0.05) is 19.6 Å². The normalized spacial score (nSPS) is 15.7. The number of rotatable bonds is 10. The third kappa shape index (κ3) is 7.21. The van der Waals surface area contributed by atoms with Gasteiger partial charge in [-0.2, -0.15) is 0 Å². The number of ether oxygens (including phenoxy) is 2. The second-order valence-corrected chi connectivity index (χ2v) is 7.61. The van der Waals surface area contributed by atoms with E-state index in [-0.39, 0.29) is 29.8 Å². The topological polar surface area (TPSA) is 108 Å². The Hall–Kier alpha value is -3.17. The van der Waals surface area contributed by atoms with Crippen LogP contribution in [0.3, 0.4) is 0 Å². The molecular weight excluding hydrogens is 419 g/mol. The molecule has 1 atom stereocenters. The summed E-state index contributed by atoms with van der Waals surface area (Å²) in [4.78, 5) is 24.9. The highest BCUT2D eigenvalue weighted by Gasteiger charge is 2.23. The number of β-amino-alcohol motifs (C(OH)–C–C–N with tert-alkyl or cyclic N) is 1. The largest absolute Gasteiger partial charge is 0.490 e. The summed E-state index contributed by atoms with van der Waals surface area (Å²) in [7, 11) is 0. The Bertz CT molecular complexity index is 900. The van der Waals surface area contributed by atoms with Crippen LogP contribution in [0.4, 0.5) is 4.39 Å². The monoisotopic (exact) mass is 446 g/mol. The molecule has 0 aliphatic carbocycles. The smallest absolute Gasteiger partial charge is 0.322 e. The molecule has 2 aromatic carbocycles. The first-order valence-electron chi connectivity index (χ1n) is 10.4. The molecule has 8 nitrogen and oxygen atoms in total. The Morgan fingerprint density at radius 1 is 1.12 bits per heavy atom. The lowest BCUT2D eigenvalue weighted by Gasteiger charge is -2.33. The van der Waals surface area contributed by atoms with E-state index in [9.17, 15) is 19.1 Å². The van der Waals surface area contributed by atoms with Crippen LogP contribution in [-0.4, -0.2) is 72.0 Å². The summed E-state index contributed by atoms with van der Waals surface area (Å²) >= 11 is 0. The number of aliphatic hydroxyl groups excluding tert-OH is 1. The zero-order valence-electron chi connectivity index (χ0n) is 17.6. The number of aliphatic hydroxyl groups is 1. The zero-order chi connectivity index (χ0) is 22.9. The van der Waals surface area contributed by atoms with E-state index in [0.29, 0.717) is 12.3 Å². The van der Waals surface area contributed by atoms with Crippen molar-refractivity contribution in [3.05, 3.63) is 59.9 Å². The number of amides is 1. The lowest BCUT2D eigenvalue weighted by molar-refractivity contribution is -0.135. The number of halogens is 1. The van der Waals surface area contributed by atoms with Gasteiger partial charge < -0.3 is 29.9 Å². The fraction of sp³-hybridized carbons (Fsp3) is 0.391. The fourth-order valence-electron chi connectivity index (χ4n) is 3.48. The van der Waals surface area contributed by atoms with Gasteiger partial charge in [-0.05, 0) is 49.2 Å². The number of nitrogens with one attached hydrogen (secondary N) is 1. The maximum absolute atomic E-state index is 13.0. The van der Waals surface area contributed by atoms with E-state index < -0.39 is 24.5 Å². The molecule has 2 aromatic rings. The van der Waals surface area contributed by atoms with Crippen LogP contribution in [0, 0.1) is 5.82 Å². The Balaban J connectivity index is 1.42. The van der Waals surface area contributed by atoms with E-state index >= 15 is 0 Å². The molecule has 1 amide bonds. The van der Waals surface area contributed by atoms with E-state index in [0.717, 1.165) is 25.9 Å². The minimum absolute atomic E-state index is 0.00473. The van der Waals surface area contributed by atoms with Crippen molar-refractivity contribution < 1.29 is 33.7 Å². The van der Waals surface area contributed by atoms with Crippen LogP contribution in [0.15, 0.2) is 48.5 Å². The van der Waals surface area contributed by atoms with Crippen LogP contribution >= 0.6 is 0 Å². The molecule has 32 heavy (non-hydrogen) atoms. The van der Waals surface area contributed by atoms with Crippen molar-refractivity contribution in [1.29, 1.82) is 0 Å². The van der Waals surface area contributed by atoms with Crippen LogP contribution < -0.4 is 14.8 Å². The lowest BCUT2D eigenvalue weighted by atomic mass is 10.1. The number of para-hydroxylation sites is 1. The first-order valence-corrected chi connectivity index (χ1v) is 10.4. The fourth-order valence-corrected chi connectivity index (χ4v) is 3.48. The predicted octanol–water partition coefficient (Wildman–Crippen LogP) is 1.92. The van der Waals surface area contributed by atoms with Crippen LogP contribution in [-0.2, 0) is 4.79 Å². The quantitative estimate of drug-likeness (QED) is 0.512. The van der Waals surface area contributed by atoms with Gasteiger partial charge in [0.05, 0.1) is 5.56 Å². The first-order chi connectivity index (χ1) is 15.4. The second kappa shape index (κ2) is 11.4. The van der Waals surface area contributed by atoms with E-state index in [2.05, 4.69) is 10.2 Å². The van der Waals surface area contributed by atoms with E-state index in [1.54, 1.807) is 30.3 Å². The van der Waals surface area contributed by atoms with Gasteiger partial charge in [-0.3, -0.25) is 9.59 Å². The Morgan fingerprint density at radius 2 is 1.81 bits per heavy atom. The molecule has 1 fully saturated rings. The number of benzene rings is 2. The molecule has 0 radical (unpaired) electrons. The first kappa shape index (κ1) is 23.5. The minimum atomic E-state index is -1.14. The Morgan fingerprint density at radius 3 is 2.50 bits per heavy atom. The van der Waals surface area contributed by atoms with E-state index in [1.807, 2.05) is 0 Å². The van der Waals surface area contributed by atoms with Gasteiger partial charge in [0.25, 0.3) is 5.91 Å². The summed E-state index contributed by atoms with van der Waals surface area (Å²) in [6, 6.07) is 12.4. The molecule has 0 aromatic heterocycles. The van der Waals surface area contributed by atoms with Crippen molar-refractivity contribution in [3.8, 4) is 11.5 Å². The Labute approximate surface area is 185 Å². The number of carboxylic acid groups (broad SMARTS) is 1. The SMILES string of the molecule is O=C(O)CNC(=O)c1ccccc1OCC(O)CN1CCC(Oc2ccc(F)cc2)CC1. The predicted molar refractivity (Wildman–Crippen MR) is 114 cm³/mol. The number of piperidine rings is 1. The lowest BCUT2D eigenvalue weighted by Crippen LogP contribution is -2.43. The standard InChI is InChI=1S/C23H27FN2O6/c24-16-5-7-18(8-6-16)32-19-9-11-26(12-10-19)14-17(27)15-31-21-4-2-1-3-20(21)23(30)25-13-22(28)29/h1-8,17,19,27H,9-15H2,(H,25,30)(H,28,29). The number of likely N-dealkylation sites (tertiary alicyclic amines) is 1. The molecule has 9 heteroatoms. The second-order valence-electron chi connectivity index (χ2n) is 7.61. The van der Waals surface area contributed by atoms with E-state index in [1.165, 1.54) is 18.2 Å². The number of nitrogens with zero attached hydrogens (tertiary/aromatic N) is 1. The van der Waals surface area contributed by atoms with E-state index in [4.69, 9.17) is 14.6 Å². The minimum Gasteiger partial charge on any atom is -0.490 e. The molecule has 3 rings (SSSR count). The molecule has 0 bridgehead atoms. The molecule has 0 saturated carbocycles. The van der Waals surface area contributed by atoms with Gasteiger partial charge in [0.2, 0.25) is 0 Å². The number of carboxylic acids is 1. The highest BCUT2D eigenvalue weighted by molar-refractivity contribution is 5.98. The molecule has 172 valence electrons. The van der Waals surface area contributed by atoms with Crippen LogP contribution in [0.2, 0.25) is 0 Å². The summed E-state index contributed by atoms with van der Waals surface area (Å²) in [5.74, 6) is -1.07. The average molecular weight is 446 g/mol. The number of aliphatic carboxylic acids is 1. The van der Waals surface area contributed by atoms with Crippen molar-refractivity contribution in [2.75, 3.05) is 32.8 Å². The molecule has 1 heterocycles. The number of carbonyl (C=O) groups excluding carboxylic acids is 1. The summed E-state index contributed by atoms with van der Waals surface area (Å²) in [5, 5.41) is 21.4. The van der Waals surface area contributed by atoms with Crippen LogP contribution in [0.25, 0.3) is 0 Å². The van der Waals surface area contributed by atoms with Gasteiger partial charge in [0.15, 0.2) is 0 Å². The van der Waals surface area contributed by atoms with Crippen molar-refractivity contribution in [3.63, 3.8) is 0 Å². The molecule has 1 unspecified atom stereocenters. The third-order valence-corrected chi connectivity index (χ3v) is 5.08. The number of carbonyl (C=O) groups is 2. The summed E-state index contributed by atoms with van der Waals surface area (Å²) in [6.45, 7) is 1.41.